The van der Waals surface area contributed by atoms with Crippen LogP contribution in [0.2, 0.25) is 0 Å². The van der Waals surface area contributed by atoms with Gasteiger partial charge >= 0.3 is 0 Å². The minimum absolute atomic E-state index is 0.379. The van der Waals surface area contributed by atoms with E-state index in [2.05, 4.69) is 6.92 Å². The summed E-state index contributed by atoms with van der Waals surface area (Å²) in [5, 5.41) is 0. The van der Waals surface area contributed by atoms with E-state index in [1.807, 2.05) is 44.2 Å². The fourth-order valence-electron chi connectivity index (χ4n) is 1.16. The molecule has 0 bridgehead atoms. The maximum atomic E-state index is 5.36. The van der Waals surface area contributed by atoms with Crippen molar-refractivity contribution in [2.24, 2.45) is 0 Å². The number of benzene rings is 1. The minimum atomic E-state index is -0.379. The SMILES string of the molecule is CCCOOC(C)(C)c1ccccc1. The first kappa shape index (κ1) is 11.2. The monoisotopic (exact) mass is 194 g/mol. The van der Waals surface area contributed by atoms with Gasteiger partial charge < -0.3 is 0 Å². The Hall–Kier alpha value is -0.860. The predicted octanol–water partition coefficient (Wildman–Crippen LogP) is 3.28. The molecule has 0 saturated heterocycles. The molecule has 0 spiro atoms. The molecule has 0 fully saturated rings. The van der Waals surface area contributed by atoms with Crippen molar-refractivity contribution in [3.63, 3.8) is 0 Å². The Morgan fingerprint density at radius 3 is 2.36 bits per heavy atom. The Labute approximate surface area is 85.8 Å². The maximum absolute atomic E-state index is 5.36. The standard InChI is InChI=1S/C12H18O2/c1-4-10-13-14-12(2,3)11-8-6-5-7-9-11/h5-9H,4,10H2,1-3H3. The van der Waals surface area contributed by atoms with E-state index < -0.39 is 0 Å². The summed E-state index contributed by atoms with van der Waals surface area (Å²) in [5.41, 5.74) is 0.743. The van der Waals surface area contributed by atoms with Gasteiger partial charge in [0, 0.05) is 0 Å². The second-order valence-corrected chi connectivity index (χ2v) is 3.78. The molecule has 0 unspecified atom stereocenters. The van der Waals surface area contributed by atoms with E-state index in [0.29, 0.717) is 6.61 Å². The summed E-state index contributed by atoms with van der Waals surface area (Å²) in [6.45, 7) is 6.69. The molecule has 0 amide bonds. The fourth-order valence-corrected chi connectivity index (χ4v) is 1.16. The molecular formula is C12H18O2. The lowest BCUT2D eigenvalue weighted by Gasteiger charge is -2.23. The van der Waals surface area contributed by atoms with Crippen molar-refractivity contribution in [3.05, 3.63) is 35.9 Å². The van der Waals surface area contributed by atoms with Crippen LogP contribution in [0.1, 0.15) is 32.8 Å². The lowest BCUT2D eigenvalue weighted by molar-refractivity contribution is -0.358. The third kappa shape index (κ3) is 3.13. The lowest BCUT2D eigenvalue weighted by atomic mass is 9.99. The van der Waals surface area contributed by atoms with Gasteiger partial charge in [-0.05, 0) is 25.8 Å². The lowest BCUT2D eigenvalue weighted by Crippen LogP contribution is -2.21. The highest BCUT2D eigenvalue weighted by molar-refractivity contribution is 5.20. The molecule has 0 atom stereocenters. The molecule has 0 saturated carbocycles. The molecule has 2 heteroatoms. The van der Waals surface area contributed by atoms with Crippen LogP contribution >= 0.6 is 0 Å². The molecule has 0 aliphatic carbocycles. The van der Waals surface area contributed by atoms with Gasteiger partial charge in [-0.15, -0.1) is 0 Å². The summed E-state index contributed by atoms with van der Waals surface area (Å²) in [4.78, 5) is 10.5. The first-order valence-electron chi connectivity index (χ1n) is 5.03. The van der Waals surface area contributed by atoms with Gasteiger partial charge in [-0.1, -0.05) is 37.3 Å². The van der Waals surface area contributed by atoms with Crippen LogP contribution in [0, 0.1) is 0 Å². The van der Waals surface area contributed by atoms with Crippen molar-refractivity contribution < 1.29 is 9.78 Å². The first-order valence-corrected chi connectivity index (χ1v) is 5.03. The zero-order chi connectivity index (χ0) is 10.4. The molecule has 0 heterocycles. The second-order valence-electron chi connectivity index (χ2n) is 3.78. The van der Waals surface area contributed by atoms with Crippen LogP contribution in [0.3, 0.4) is 0 Å². The van der Waals surface area contributed by atoms with Crippen molar-refractivity contribution in [2.75, 3.05) is 6.61 Å². The van der Waals surface area contributed by atoms with Gasteiger partial charge in [-0.2, -0.15) is 0 Å². The summed E-state index contributed by atoms with van der Waals surface area (Å²) >= 11 is 0. The molecule has 1 aromatic rings. The predicted molar refractivity (Wildman–Crippen MR) is 56.8 cm³/mol. The average Bonchev–Trinajstić information content (AvgIpc) is 2.19. The third-order valence-corrected chi connectivity index (χ3v) is 2.02. The molecular weight excluding hydrogens is 176 g/mol. The topological polar surface area (TPSA) is 18.5 Å². The van der Waals surface area contributed by atoms with Gasteiger partial charge in [0.05, 0.1) is 6.61 Å². The van der Waals surface area contributed by atoms with Gasteiger partial charge in [-0.3, -0.25) is 0 Å². The van der Waals surface area contributed by atoms with E-state index in [1.54, 1.807) is 0 Å². The van der Waals surface area contributed by atoms with E-state index >= 15 is 0 Å². The molecule has 2 nitrogen and oxygen atoms in total. The highest BCUT2D eigenvalue weighted by Gasteiger charge is 2.22. The van der Waals surface area contributed by atoms with Crippen LogP contribution in [0.5, 0.6) is 0 Å². The molecule has 78 valence electrons. The van der Waals surface area contributed by atoms with Crippen LogP contribution in [-0.4, -0.2) is 6.61 Å². The van der Waals surface area contributed by atoms with Crippen molar-refractivity contribution in [2.45, 2.75) is 32.8 Å². The largest absolute Gasteiger partial charge is 0.236 e. The molecule has 0 aliphatic heterocycles. The Balaban J connectivity index is 2.56. The Morgan fingerprint density at radius 2 is 1.79 bits per heavy atom. The van der Waals surface area contributed by atoms with Crippen LogP contribution in [-0.2, 0) is 15.4 Å². The molecule has 0 aliphatic rings. The summed E-state index contributed by atoms with van der Waals surface area (Å²) in [5.74, 6) is 0. The van der Waals surface area contributed by atoms with E-state index in [9.17, 15) is 0 Å². The first-order chi connectivity index (χ1) is 6.67. The second kappa shape index (κ2) is 5.13. The molecule has 0 aromatic heterocycles. The van der Waals surface area contributed by atoms with Crippen LogP contribution < -0.4 is 0 Å². The summed E-state index contributed by atoms with van der Waals surface area (Å²) < 4.78 is 0. The van der Waals surface area contributed by atoms with Crippen molar-refractivity contribution in [1.82, 2.24) is 0 Å². The van der Waals surface area contributed by atoms with E-state index in [-0.39, 0.29) is 5.60 Å². The van der Waals surface area contributed by atoms with Gasteiger partial charge in [0.2, 0.25) is 0 Å². The molecule has 1 rings (SSSR count). The quantitative estimate of drug-likeness (QED) is 0.407. The summed E-state index contributed by atoms with van der Waals surface area (Å²) in [6.07, 6.45) is 0.963. The molecule has 0 N–H and O–H groups in total. The fraction of sp³-hybridized carbons (Fsp3) is 0.500. The third-order valence-electron chi connectivity index (χ3n) is 2.02. The van der Waals surface area contributed by atoms with Crippen LogP contribution in [0.25, 0.3) is 0 Å². The van der Waals surface area contributed by atoms with Gasteiger partial charge in [0.15, 0.2) is 0 Å². The van der Waals surface area contributed by atoms with E-state index in [0.717, 1.165) is 12.0 Å². The van der Waals surface area contributed by atoms with Gasteiger partial charge in [-0.25, -0.2) is 9.78 Å². The van der Waals surface area contributed by atoms with Crippen molar-refractivity contribution >= 4 is 0 Å². The van der Waals surface area contributed by atoms with Gasteiger partial charge in [0.1, 0.15) is 5.60 Å². The number of hydrogen-bond donors (Lipinski definition) is 0. The van der Waals surface area contributed by atoms with Crippen molar-refractivity contribution in [3.8, 4) is 0 Å². The maximum Gasteiger partial charge on any atom is 0.123 e. The van der Waals surface area contributed by atoms with Crippen LogP contribution in [0.4, 0.5) is 0 Å². The summed E-state index contributed by atoms with van der Waals surface area (Å²) in [7, 11) is 0. The Morgan fingerprint density at radius 1 is 1.14 bits per heavy atom. The Bertz CT molecular complexity index is 254. The molecule has 1 aromatic carbocycles. The summed E-state index contributed by atoms with van der Waals surface area (Å²) in [6, 6.07) is 10.1. The zero-order valence-electron chi connectivity index (χ0n) is 9.12. The van der Waals surface area contributed by atoms with Crippen LogP contribution in [0.15, 0.2) is 30.3 Å². The van der Waals surface area contributed by atoms with E-state index in [4.69, 9.17) is 9.78 Å². The zero-order valence-corrected chi connectivity index (χ0v) is 9.12. The van der Waals surface area contributed by atoms with Gasteiger partial charge in [0.25, 0.3) is 0 Å². The minimum Gasteiger partial charge on any atom is -0.236 e. The van der Waals surface area contributed by atoms with E-state index in [1.165, 1.54) is 0 Å². The van der Waals surface area contributed by atoms with Crippen molar-refractivity contribution in [1.29, 1.82) is 0 Å². The number of rotatable bonds is 5. The molecule has 14 heavy (non-hydrogen) atoms. The smallest absolute Gasteiger partial charge is 0.123 e. The molecule has 0 radical (unpaired) electrons. The Kier molecular flexibility index (Phi) is 4.11. The average molecular weight is 194 g/mol. The highest BCUT2D eigenvalue weighted by atomic mass is 17.2. The number of hydrogen-bond acceptors (Lipinski definition) is 2. The highest BCUT2D eigenvalue weighted by Crippen LogP contribution is 2.24. The normalized spacial score (nSPS) is 11.6.